The molecule has 1 aromatic heterocycles. The predicted molar refractivity (Wildman–Crippen MR) is 124 cm³/mol. The second-order valence-corrected chi connectivity index (χ2v) is 8.10. The number of likely N-dealkylation sites (N-methyl/N-ethyl adjacent to an activating group) is 1. The minimum Gasteiger partial charge on any atom is -0.339 e. The Bertz CT molecular complexity index is 1070. The molecule has 0 aliphatic rings. The number of carbonyl (C=O) groups is 2. The minimum atomic E-state index is -0.113. The number of aryl methyl sites for hydroxylation is 3. The molecular formula is C24H29N5O3. The van der Waals surface area contributed by atoms with Crippen molar-refractivity contribution in [1.29, 1.82) is 0 Å². The SMILES string of the molecule is Cc1ccc(-c2noc(CCCC(=O)Nc3ccc(C)c(NC(=O)CN(C)C)c3)n2)cc1. The molecule has 168 valence electrons. The van der Waals surface area contributed by atoms with Crippen LogP contribution in [0.25, 0.3) is 11.4 Å². The highest BCUT2D eigenvalue weighted by Crippen LogP contribution is 2.21. The molecule has 0 fully saturated rings. The lowest BCUT2D eigenvalue weighted by Gasteiger charge is -2.13. The average Bonchev–Trinajstić information content (AvgIpc) is 3.19. The van der Waals surface area contributed by atoms with E-state index in [1.54, 1.807) is 11.0 Å². The lowest BCUT2D eigenvalue weighted by atomic mass is 10.1. The van der Waals surface area contributed by atoms with Crippen LogP contribution in [0.3, 0.4) is 0 Å². The molecule has 0 bridgehead atoms. The number of nitrogens with one attached hydrogen (secondary N) is 2. The van der Waals surface area contributed by atoms with Crippen LogP contribution in [-0.2, 0) is 16.0 Å². The van der Waals surface area contributed by atoms with Crippen molar-refractivity contribution in [1.82, 2.24) is 15.0 Å². The monoisotopic (exact) mass is 435 g/mol. The number of benzene rings is 2. The second-order valence-electron chi connectivity index (χ2n) is 8.10. The molecule has 3 rings (SSSR count). The Kier molecular flexibility index (Phi) is 7.72. The zero-order chi connectivity index (χ0) is 23.1. The van der Waals surface area contributed by atoms with Gasteiger partial charge in [-0.15, -0.1) is 0 Å². The highest BCUT2D eigenvalue weighted by atomic mass is 16.5. The van der Waals surface area contributed by atoms with Crippen LogP contribution in [0.4, 0.5) is 11.4 Å². The van der Waals surface area contributed by atoms with Crippen LogP contribution in [0.5, 0.6) is 0 Å². The van der Waals surface area contributed by atoms with E-state index in [1.807, 2.05) is 64.3 Å². The van der Waals surface area contributed by atoms with Crippen LogP contribution < -0.4 is 10.6 Å². The first kappa shape index (κ1) is 23.1. The number of amides is 2. The molecule has 0 saturated heterocycles. The fraction of sp³-hybridized carbons (Fsp3) is 0.333. The molecule has 2 N–H and O–H groups in total. The van der Waals surface area contributed by atoms with E-state index in [2.05, 4.69) is 20.8 Å². The molecule has 0 spiro atoms. The van der Waals surface area contributed by atoms with Crippen LogP contribution in [-0.4, -0.2) is 47.5 Å². The lowest BCUT2D eigenvalue weighted by molar-refractivity contribution is -0.117. The largest absolute Gasteiger partial charge is 0.339 e. The summed E-state index contributed by atoms with van der Waals surface area (Å²) < 4.78 is 5.31. The normalized spacial score (nSPS) is 10.9. The van der Waals surface area contributed by atoms with E-state index < -0.39 is 0 Å². The molecule has 0 radical (unpaired) electrons. The standard InChI is InChI=1S/C24H29N5O3/c1-16-8-11-18(12-9-16)24-27-23(32-28-24)7-5-6-21(30)25-19-13-10-17(2)20(14-19)26-22(31)15-29(3)4/h8-14H,5-7,15H2,1-4H3,(H,25,30)(H,26,31). The smallest absolute Gasteiger partial charge is 0.238 e. The van der Waals surface area contributed by atoms with Gasteiger partial charge in [-0.05, 0) is 52.1 Å². The summed E-state index contributed by atoms with van der Waals surface area (Å²) in [7, 11) is 3.67. The van der Waals surface area contributed by atoms with Crippen LogP contribution in [0.1, 0.15) is 29.9 Å². The van der Waals surface area contributed by atoms with Gasteiger partial charge in [0.25, 0.3) is 0 Å². The number of anilines is 2. The third-order valence-corrected chi connectivity index (χ3v) is 4.83. The number of carbonyl (C=O) groups excluding carboxylic acids is 2. The average molecular weight is 436 g/mol. The Labute approximate surface area is 188 Å². The van der Waals surface area contributed by atoms with Crippen LogP contribution in [0.15, 0.2) is 47.0 Å². The van der Waals surface area contributed by atoms with Crippen molar-refractivity contribution in [2.24, 2.45) is 0 Å². The van der Waals surface area contributed by atoms with Gasteiger partial charge in [-0.2, -0.15) is 4.98 Å². The molecule has 8 heteroatoms. The molecule has 0 atom stereocenters. The van der Waals surface area contributed by atoms with Crippen molar-refractivity contribution < 1.29 is 14.1 Å². The predicted octanol–water partition coefficient (Wildman–Crippen LogP) is 3.81. The molecule has 32 heavy (non-hydrogen) atoms. The maximum atomic E-state index is 12.4. The van der Waals surface area contributed by atoms with Gasteiger partial charge in [0.15, 0.2) is 0 Å². The van der Waals surface area contributed by atoms with Gasteiger partial charge < -0.3 is 20.1 Å². The summed E-state index contributed by atoms with van der Waals surface area (Å²) in [6, 6.07) is 13.4. The van der Waals surface area contributed by atoms with Crippen molar-refractivity contribution in [3.63, 3.8) is 0 Å². The Balaban J connectivity index is 1.49. The summed E-state index contributed by atoms with van der Waals surface area (Å²) >= 11 is 0. The molecule has 1 heterocycles. The van der Waals surface area contributed by atoms with Gasteiger partial charge in [0, 0.05) is 29.8 Å². The summed E-state index contributed by atoms with van der Waals surface area (Å²) in [5, 5.41) is 9.77. The Morgan fingerprint density at radius 1 is 1.00 bits per heavy atom. The zero-order valence-corrected chi connectivity index (χ0v) is 18.9. The Hall–Kier alpha value is -3.52. The van der Waals surface area contributed by atoms with Gasteiger partial charge in [0.05, 0.1) is 6.54 Å². The second kappa shape index (κ2) is 10.7. The van der Waals surface area contributed by atoms with E-state index >= 15 is 0 Å². The molecule has 2 aromatic carbocycles. The molecule has 0 unspecified atom stereocenters. The Morgan fingerprint density at radius 2 is 1.75 bits per heavy atom. The molecular weight excluding hydrogens is 406 g/mol. The maximum Gasteiger partial charge on any atom is 0.238 e. The highest BCUT2D eigenvalue weighted by molar-refractivity contribution is 5.95. The van der Waals surface area contributed by atoms with Gasteiger partial charge in [-0.25, -0.2) is 0 Å². The van der Waals surface area contributed by atoms with Crippen LogP contribution in [0.2, 0.25) is 0 Å². The summed E-state index contributed by atoms with van der Waals surface area (Å²) in [5.41, 5.74) is 4.32. The lowest BCUT2D eigenvalue weighted by Crippen LogP contribution is -2.27. The number of hydrogen-bond acceptors (Lipinski definition) is 6. The minimum absolute atomic E-state index is 0.105. The number of nitrogens with zero attached hydrogens (tertiary/aromatic N) is 3. The first-order valence-corrected chi connectivity index (χ1v) is 10.5. The fourth-order valence-corrected chi connectivity index (χ4v) is 3.11. The fourth-order valence-electron chi connectivity index (χ4n) is 3.11. The first-order valence-electron chi connectivity index (χ1n) is 10.5. The van der Waals surface area contributed by atoms with Gasteiger partial charge >= 0.3 is 0 Å². The van der Waals surface area contributed by atoms with Gasteiger partial charge in [0.1, 0.15) is 0 Å². The van der Waals surface area contributed by atoms with Crippen molar-refractivity contribution in [3.8, 4) is 11.4 Å². The van der Waals surface area contributed by atoms with Crippen LogP contribution >= 0.6 is 0 Å². The third kappa shape index (κ3) is 6.75. The van der Waals surface area contributed by atoms with Gasteiger partial charge in [-0.1, -0.05) is 41.1 Å². The number of rotatable bonds is 9. The van der Waals surface area contributed by atoms with E-state index in [-0.39, 0.29) is 18.4 Å². The highest BCUT2D eigenvalue weighted by Gasteiger charge is 2.11. The van der Waals surface area contributed by atoms with E-state index in [4.69, 9.17) is 4.52 Å². The van der Waals surface area contributed by atoms with Gasteiger partial charge in [0.2, 0.25) is 23.5 Å². The van der Waals surface area contributed by atoms with E-state index in [1.165, 1.54) is 5.56 Å². The van der Waals surface area contributed by atoms with Crippen molar-refractivity contribution in [3.05, 3.63) is 59.5 Å². The number of aromatic nitrogens is 2. The molecule has 3 aromatic rings. The van der Waals surface area contributed by atoms with Crippen molar-refractivity contribution >= 4 is 23.2 Å². The Morgan fingerprint density at radius 3 is 2.47 bits per heavy atom. The topological polar surface area (TPSA) is 100 Å². The quantitative estimate of drug-likeness (QED) is 0.530. The van der Waals surface area contributed by atoms with E-state index in [0.717, 1.165) is 11.1 Å². The van der Waals surface area contributed by atoms with Crippen molar-refractivity contribution in [2.75, 3.05) is 31.3 Å². The molecule has 0 aliphatic heterocycles. The summed E-state index contributed by atoms with van der Waals surface area (Å²) in [4.78, 5) is 30.6. The summed E-state index contributed by atoms with van der Waals surface area (Å²) in [6.45, 7) is 4.22. The van der Waals surface area contributed by atoms with E-state index in [0.29, 0.717) is 42.4 Å². The molecule has 0 aliphatic carbocycles. The third-order valence-electron chi connectivity index (χ3n) is 4.83. The summed E-state index contributed by atoms with van der Waals surface area (Å²) in [6.07, 6.45) is 1.42. The number of hydrogen-bond donors (Lipinski definition) is 2. The zero-order valence-electron chi connectivity index (χ0n) is 18.9. The molecule has 2 amide bonds. The van der Waals surface area contributed by atoms with Gasteiger partial charge in [-0.3, -0.25) is 9.59 Å². The summed E-state index contributed by atoms with van der Waals surface area (Å²) in [5.74, 6) is 0.839. The van der Waals surface area contributed by atoms with E-state index in [9.17, 15) is 9.59 Å². The molecule has 0 saturated carbocycles. The molecule has 8 nitrogen and oxygen atoms in total. The van der Waals surface area contributed by atoms with Crippen LogP contribution in [0, 0.1) is 13.8 Å². The first-order chi connectivity index (χ1) is 15.3. The van der Waals surface area contributed by atoms with Crippen molar-refractivity contribution in [2.45, 2.75) is 33.1 Å². The maximum absolute atomic E-state index is 12.4.